The van der Waals surface area contributed by atoms with Crippen LogP contribution in [0.2, 0.25) is 0 Å². The highest BCUT2D eigenvalue weighted by Crippen LogP contribution is 2.26. The Morgan fingerprint density at radius 3 is 2.80 bits per heavy atom. The topological polar surface area (TPSA) is 73.3 Å². The van der Waals surface area contributed by atoms with Gasteiger partial charge in [-0.25, -0.2) is 4.98 Å². The molecule has 6 nitrogen and oxygen atoms in total. The van der Waals surface area contributed by atoms with E-state index in [1.54, 1.807) is 30.6 Å². The summed E-state index contributed by atoms with van der Waals surface area (Å²) in [5, 5.41) is 4.66. The molecule has 0 radical (unpaired) electrons. The molecular weight excluding hydrogens is 318 g/mol. The van der Waals surface area contributed by atoms with Gasteiger partial charge in [-0.2, -0.15) is 0 Å². The van der Waals surface area contributed by atoms with Gasteiger partial charge in [-0.1, -0.05) is 6.07 Å². The number of carbonyl (C=O) groups is 1. The lowest BCUT2D eigenvalue weighted by atomic mass is 10.1. The van der Waals surface area contributed by atoms with Crippen molar-refractivity contribution in [1.29, 1.82) is 0 Å². The first-order chi connectivity index (χ1) is 12.3. The first-order valence-corrected chi connectivity index (χ1v) is 8.09. The highest BCUT2D eigenvalue weighted by Gasteiger charge is 2.09. The van der Waals surface area contributed by atoms with Crippen LogP contribution in [0.1, 0.15) is 17.4 Å². The van der Waals surface area contributed by atoms with Crippen molar-refractivity contribution in [2.75, 3.05) is 25.1 Å². The molecule has 0 saturated carbocycles. The summed E-state index contributed by atoms with van der Waals surface area (Å²) in [6.07, 6.45) is 3.27. The molecule has 3 rings (SSSR count). The van der Waals surface area contributed by atoms with Crippen LogP contribution in [0.4, 0.5) is 5.69 Å². The maximum absolute atomic E-state index is 12.2. The molecule has 6 heteroatoms. The molecule has 0 unspecified atom stereocenters. The number of hydrogen-bond donors (Lipinski definition) is 1. The third-order valence-corrected chi connectivity index (χ3v) is 3.55. The molecule has 25 heavy (non-hydrogen) atoms. The average molecular weight is 337 g/mol. The van der Waals surface area contributed by atoms with Crippen LogP contribution in [0, 0.1) is 0 Å². The molecule has 0 aliphatic rings. The van der Waals surface area contributed by atoms with Crippen LogP contribution in [-0.4, -0.2) is 35.7 Å². The lowest BCUT2D eigenvalue weighted by molar-refractivity contribution is 0.102. The van der Waals surface area contributed by atoms with E-state index in [0.717, 1.165) is 10.8 Å². The quantitative estimate of drug-likeness (QED) is 0.670. The number of fused-ring (bicyclic) bond motifs is 1. The molecule has 1 N–H and O–H groups in total. The van der Waals surface area contributed by atoms with E-state index in [4.69, 9.17) is 9.47 Å². The van der Waals surface area contributed by atoms with Gasteiger partial charge in [-0.15, -0.1) is 0 Å². The lowest BCUT2D eigenvalue weighted by Crippen LogP contribution is -2.13. The molecule has 0 spiro atoms. The third-order valence-electron chi connectivity index (χ3n) is 3.55. The minimum atomic E-state index is -0.248. The van der Waals surface area contributed by atoms with Crippen molar-refractivity contribution in [3.8, 4) is 5.88 Å². The molecule has 0 atom stereocenters. The number of nitrogens with zero attached hydrogens (tertiary/aromatic N) is 2. The predicted octanol–water partition coefficient (Wildman–Crippen LogP) is 3.30. The van der Waals surface area contributed by atoms with E-state index in [0.29, 0.717) is 37.1 Å². The zero-order valence-electron chi connectivity index (χ0n) is 13.9. The summed E-state index contributed by atoms with van der Waals surface area (Å²) in [6.45, 7) is 3.56. The van der Waals surface area contributed by atoms with E-state index in [2.05, 4.69) is 15.3 Å². The van der Waals surface area contributed by atoms with Crippen molar-refractivity contribution in [2.24, 2.45) is 0 Å². The number of aromatic nitrogens is 2. The van der Waals surface area contributed by atoms with Crippen molar-refractivity contribution in [3.63, 3.8) is 0 Å². The molecule has 1 aromatic carbocycles. The molecule has 0 bridgehead atoms. The summed E-state index contributed by atoms with van der Waals surface area (Å²) < 4.78 is 10.9. The molecule has 1 amide bonds. The van der Waals surface area contributed by atoms with Crippen LogP contribution in [0.3, 0.4) is 0 Å². The second-order valence-electron chi connectivity index (χ2n) is 5.27. The van der Waals surface area contributed by atoms with Crippen molar-refractivity contribution in [2.45, 2.75) is 6.92 Å². The highest BCUT2D eigenvalue weighted by molar-refractivity contribution is 6.04. The van der Waals surface area contributed by atoms with E-state index in [9.17, 15) is 4.79 Å². The molecule has 0 aliphatic carbocycles. The van der Waals surface area contributed by atoms with Gasteiger partial charge < -0.3 is 14.8 Å². The van der Waals surface area contributed by atoms with Gasteiger partial charge in [0, 0.05) is 30.1 Å². The molecule has 0 fully saturated rings. The number of anilines is 1. The summed E-state index contributed by atoms with van der Waals surface area (Å²) in [6, 6.07) is 12.7. The van der Waals surface area contributed by atoms with Gasteiger partial charge in [0.15, 0.2) is 0 Å². The second kappa shape index (κ2) is 8.21. The predicted molar refractivity (Wildman–Crippen MR) is 95.9 cm³/mol. The molecule has 128 valence electrons. The van der Waals surface area contributed by atoms with E-state index in [1.165, 1.54) is 0 Å². The number of pyridine rings is 2. The van der Waals surface area contributed by atoms with E-state index >= 15 is 0 Å². The van der Waals surface area contributed by atoms with Crippen molar-refractivity contribution >= 4 is 22.4 Å². The van der Waals surface area contributed by atoms with Gasteiger partial charge in [0.25, 0.3) is 5.91 Å². The van der Waals surface area contributed by atoms with E-state index < -0.39 is 0 Å². The van der Waals surface area contributed by atoms with Crippen LogP contribution in [0.15, 0.2) is 54.9 Å². The molecule has 2 aromatic heterocycles. The maximum atomic E-state index is 12.2. The Hall–Kier alpha value is -2.99. The van der Waals surface area contributed by atoms with Gasteiger partial charge >= 0.3 is 0 Å². The first kappa shape index (κ1) is 16.9. The van der Waals surface area contributed by atoms with E-state index in [1.807, 2.05) is 31.2 Å². The molecular formula is C19H19N3O3. The smallest absolute Gasteiger partial charge is 0.274 e. The van der Waals surface area contributed by atoms with Gasteiger partial charge in [0.1, 0.15) is 12.3 Å². The SMILES string of the molecule is CCOCCOc1nccc2cc(NC(=O)c3ccccn3)ccc12. The number of amides is 1. The summed E-state index contributed by atoms with van der Waals surface area (Å²) in [4.78, 5) is 20.5. The first-order valence-electron chi connectivity index (χ1n) is 8.09. The van der Waals surface area contributed by atoms with Crippen LogP contribution >= 0.6 is 0 Å². The number of rotatable bonds is 7. The Balaban J connectivity index is 1.75. The summed E-state index contributed by atoms with van der Waals surface area (Å²) in [7, 11) is 0. The number of carbonyl (C=O) groups excluding carboxylic acids is 1. The Labute approximate surface area is 145 Å². The third kappa shape index (κ3) is 4.30. The standard InChI is InChI=1S/C19H19N3O3/c1-2-24-11-12-25-19-16-7-6-15(13-14(16)8-10-21-19)22-18(23)17-5-3-4-9-20-17/h3-10,13H,2,11-12H2,1H3,(H,22,23). The summed E-state index contributed by atoms with van der Waals surface area (Å²) in [5.74, 6) is 0.307. The molecule has 0 saturated heterocycles. The number of benzene rings is 1. The average Bonchev–Trinajstić information content (AvgIpc) is 2.66. The monoisotopic (exact) mass is 337 g/mol. The van der Waals surface area contributed by atoms with Crippen molar-refractivity contribution < 1.29 is 14.3 Å². The number of nitrogens with one attached hydrogen (secondary N) is 1. The van der Waals surface area contributed by atoms with Gasteiger partial charge in [-0.3, -0.25) is 9.78 Å². The lowest BCUT2D eigenvalue weighted by Gasteiger charge is -2.10. The van der Waals surface area contributed by atoms with Crippen molar-refractivity contribution in [3.05, 3.63) is 60.6 Å². The Morgan fingerprint density at radius 1 is 1.08 bits per heavy atom. The minimum Gasteiger partial charge on any atom is -0.475 e. The molecule has 2 heterocycles. The van der Waals surface area contributed by atoms with Gasteiger partial charge in [0.05, 0.1) is 6.61 Å². The fourth-order valence-electron chi connectivity index (χ4n) is 2.38. The fraction of sp³-hybridized carbons (Fsp3) is 0.211. The maximum Gasteiger partial charge on any atom is 0.274 e. The number of ether oxygens (including phenoxy) is 2. The van der Waals surface area contributed by atoms with Gasteiger partial charge in [-0.05, 0) is 48.7 Å². The molecule has 3 aromatic rings. The Bertz CT molecular complexity index is 853. The van der Waals surface area contributed by atoms with E-state index in [-0.39, 0.29) is 5.91 Å². The van der Waals surface area contributed by atoms with Crippen LogP contribution in [0.25, 0.3) is 10.8 Å². The fourth-order valence-corrected chi connectivity index (χ4v) is 2.38. The van der Waals surface area contributed by atoms with Crippen LogP contribution in [0.5, 0.6) is 5.88 Å². The minimum absolute atomic E-state index is 0.248. The van der Waals surface area contributed by atoms with Gasteiger partial charge in [0.2, 0.25) is 5.88 Å². The van der Waals surface area contributed by atoms with Crippen LogP contribution < -0.4 is 10.1 Å². The highest BCUT2D eigenvalue weighted by atomic mass is 16.5. The largest absolute Gasteiger partial charge is 0.475 e. The normalized spacial score (nSPS) is 10.6. The van der Waals surface area contributed by atoms with Crippen LogP contribution in [-0.2, 0) is 4.74 Å². The second-order valence-corrected chi connectivity index (χ2v) is 5.27. The Kier molecular flexibility index (Phi) is 5.53. The number of hydrogen-bond acceptors (Lipinski definition) is 5. The summed E-state index contributed by atoms with van der Waals surface area (Å²) in [5.41, 5.74) is 1.06. The zero-order valence-corrected chi connectivity index (χ0v) is 13.9. The Morgan fingerprint density at radius 2 is 2.00 bits per heavy atom. The zero-order chi connectivity index (χ0) is 17.5. The van der Waals surface area contributed by atoms with Crippen molar-refractivity contribution in [1.82, 2.24) is 9.97 Å². The summed E-state index contributed by atoms with van der Waals surface area (Å²) >= 11 is 0. The molecule has 0 aliphatic heterocycles.